The molecule has 0 heterocycles. The molecule has 88 valence electrons. The van der Waals surface area contributed by atoms with E-state index in [4.69, 9.17) is 0 Å². The number of benzene rings is 3. The molecule has 0 atom stereocenters. The van der Waals surface area contributed by atoms with Crippen LogP contribution < -0.4 is 0 Å². The lowest BCUT2D eigenvalue weighted by Crippen LogP contribution is -1.90. The normalized spacial score (nSPS) is 10.7. The minimum atomic E-state index is -0.184. The Bertz CT molecular complexity index is 663. The first-order valence-electron chi connectivity index (χ1n) is 6.04. The Kier molecular flexibility index (Phi) is 2.81. The van der Waals surface area contributed by atoms with Crippen molar-refractivity contribution in [1.82, 2.24) is 0 Å². The van der Waals surface area contributed by atoms with E-state index in [2.05, 4.69) is 36.4 Å². The summed E-state index contributed by atoms with van der Waals surface area (Å²) in [6.45, 7) is 0. The molecule has 0 fully saturated rings. The first-order chi connectivity index (χ1) is 8.83. The Hall–Kier alpha value is -2.15. The molecule has 0 radical (unpaired) electrons. The third kappa shape index (κ3) is 2.12. The van der Waals surface area contributed by atoms with Crippen LogP contribution in [0.5, 0.6) is 0 Å². The van der Waals surface area contributed by atoms with E-state index in [0.29, 0.717) is 0 Å². The fourth-order valence-corrected chi connectivity index (χ4v) is 2.27. The summed E-state index contributed by atoms with van der Waals surface area (Å²) in [5.74, 6) is -0.184. The van der Waals surface area contributed by atoms with Gasteiger partial charge in [0.1, 0.15) is 5.82 Å². The van der Waals surface area contributed by atoms with Crippen LogP contribution >= 0.6 is 0 Å². The number of hydrogen-bond donors (Lipinski definition) is 0. The number of rotatable bonds is 2. The van der Waals surface area contributed by atoms with Crippen LogP contribution in [0.15, 0.2) is 66.7 Å². The molecular formula is C17H13F. The van der Waals surface area contributed by atoms with Gasteiger partial charge in [0.05, 0.1) is 0 Å². The van der Waals surface area contributed by atoms with Crippen LogP contribution in [-0.2, 0) is 6.42 Å². The van der Waals surface area contributed by atoms with Gasteiger partial charge >= 0.3 is 0 Å². The van der Waals surface area contributed by atoms with Crippen molar-refractivity contribution in [3.63, 3.8) is 0 Å². The van der Waals surface area contributed by atoms with Gasteiger partial charge in [-0.1, -0.05) is 54.6 Å². The highest BCUT2D eigenvalue weighted by atomic mass is 19.1. The largest absolute Gasteiger partial charge is 0.207 e. The lowest BCUT2D eigenvalue weighted by atomic mass is 9.98. The van der Waals surface area contributed by atoms with Gasteiger partial charge in [-0.25, -0.2) is 4.39 Å². The minimum Gasteiger partial charge on any atom is -0.207 e. The highest BCUT2D eigenvalue weighted by Crippen LogP contribution is 2.21. The van der Waals surface area contributed by atoms with Crippen LogP contribution in [0, 0.1) is 5.82 Å². The van der Waals surface area contributed by atoms with Gasteiger partial charge in [0.15, 0.2) is 0 Å². The fourth-order valence-electron chi connectivity index (χ4n) is 2.27. The van der Waals surface area contributed by atoms with E-state index in [1.54, 1.807) is 0 Å². The van der Waals surface area contributed by atoms with Gasteiger partial charge in [-0.2, -0.15) is 0 Å². The van der Waals surface area contributed by atoms with E-state index < -0.39 is 0 Å². The van der Waals surface area contributed by atoms with Crippen LogP contribution in [0.3, 0.4) is 0 Å². The molecule has 0 N–H and O–H groups in total. The second-order valence-corrected chi connectivity index (χ2v) is 4.44. The number of fused-ring (bicyclic) bond motifs is 1. The predicted octanol–water partition coefficient (Wildman–Crippen LogP) is 4.57. The Morgan fingerprint density at radius 3 is 2.28 bits per heavy atom. The summed E-state index contributed by atoms with van der Waals surface area (Å²) < 4.78 is 12.9. The van der Waals surface area contributed by atoms with Gasteiger partial charge in [-0.3, -0.25) is 0 Å². The Morgan fingerprint density at radius 2 is 1.44 bits per heavy atom. The third-order valence-corrected chi connectivity index (χ3v) is 3.19. The lowest BCUT2D eigenvalue weighted by molar-refractivity contribution is 0.627. The number of hydrogen-bond acceptors (Lipinski definition) is 0. The van der Waals surface area contributed by atoms with Gasteiger partial charge in [-0.05, 0) is 40.5 Å². The molecule has 0 saturated carbocycles. The fraction of sp³-hybridized carbons (Fsp3) is 0.0588. The summed E-state index contributed by atoms with van der Waals surface area (Å²) in [6, 6.07) is 21.4. The van der Waals surface area contributed by atoms with Gasteiger partial charge < -0.3 is 0 Å². The zero-order chi connectivity index (χ0) is 12.4. The molecule has 1 heteroatoms. The molecule has 0 nitrogen and oxygen atoms in total. The van der Waals surface area contributed by atoms with Gasteiger partial charge in [-0.15, -0.1) is 0 Å². The van der Waals surface area contributed by atoms with Crippen molar-refractivity contribution in [2.24, 2.45) is 0 Å². The zero-order valence-corrected chi connectivity index (χ0v) is 9.94. The summed E-state index contributed by atoms with van der Waals surface area (Å²) in [5.41, 5.74) is 2.41. The van der Waals surface area contributed by atoms with Gasteiger partial charge in [0.2, 0.25) is 0 Å². The van der Waals surface area contributed by atoms with Gasteiger partial charge in [0.25, 0.3) is 0 Å². The summed E-state index contributed by atoms with van der Waals surface area (Å²) in [6.07, 6.45) is 0.835. The summed E-state index contributed by atoms with van der Waals surface area (Å²) in [7, 11) is 0. The molecular weight excluding hydrogens is 223 g/mol. The average Bonchev–Trinajstić information content (AvgIpc) is 2.42. The standard InChI is InChI=1S/C17H13F/c18-16-10-8-13(9-11-16)12-15-6-3-5-14-4-1-2-7-17(14)15/h1-11H,12H2. The SMILES string of the molecule is Fc1ccc(Cc2cccc3ccccc23)cc1. The van der Waals surface area contributed by atoms with Crippen LogP contribution in [0.1, 0.15) is 11.1 Å². The molecule has 0 aromatic heterocycles. The van der Waals surface area contributed by atoms with Crippen molar-refractivity contribution >= 4 is 10.8 Å². The molecule has 0 aliphatic heterocycles. The van der Waals surface area contributed by atoms with Crippen molar-refractivity contribution < 1.29 is 4.39 Å². The minimum absolute atomic E-state index is 0.184. The molecule has 0 unspecified atom stereocenters. The van der Waals surface area contributed by atoms with E-state index in [9.17, 15) is 4.39 Å². The first kappa shape index (κ1) is 11.0. The molecule has 0 amide bonds. The topological polar surface area (TPSA) is 0 Å². The molecule has 3 aromatic carbocycles. The molecule has 0 aliphatic rings. The first-order valence-corrected chi connectivity index (χ1v) is 6.04. The number of halogens is 1. The Morgan fingerprint density at radius 1 is 0.722 bits per heavy atom. The molecule has 0 aliphatic carbocycles. The van der Waals surface area contributed by atoms with Crippen molar-refractivity contribution in [2.45, 2.75) is 6.42 Å². The quantitative estimate of drug-likeness (QED) is 0.611. The molecule has 3 rings (SSSR count). The van der Waals surface area contributed by atoms with Crippen molar-refractivity contribution in [2.75, 3.05) is 0 Å². The van der Waals surface area contributed by atoms with E-state index in [1.807, 2.05) is 18.2 Å². The van der Waals surface area contributed by atoms with E-state index >= 15 is 0 Å². The second-order valence-electron chi connectivity index (χ2n) is 4.44. The van der Waals surface area contributed by atoms with E-state index in [-0.39, 0.29) is 5.82 Å². The van der Waals surface area contributed by atoms with Crippen LogP contribution in [0.2, 0.25) is 0 Å². The zero-order valence-electron chi connectivity index (χ0n) is 9.94. The van der Waals surface area contributed by atoms with Crippen LogP contribution in [0.25, 0.3) is 10.8 Å². The van der Waals surface area contributed by atoms with Crippen molar-refractivity contribution in [1.29, 1.82) is 0 Å². The second kappa shape index (κ2) is 4.61. The average molecular weight is 236 g/mol. The molecule has 0 bridgehead atoms. The molecule has 3 aromatic rings. The van der Waals surface area contributed by atoms with Crippen molar-refractivity contribution in [3.8, 4) is 0 Å². The van der Waals surface area contributed by atoms with Gasteiger partial charge in [0, 0.05) is 0 Å². The Balaban J connectivity index is 2.02. The molecule has 18 heavy (non-hydrogen) atoms. The maximum absolute atomic E-state index is 12.9. The lowest BCUT2D eigenvalue weighted by Gasteiger charge is -2.06. The maximum Gasteiger partial charge on any atom is 0.123 e. The third-order valence-electron chi connectivity index (χ3n) is 3.19. The van der Waals surface area contributed by atoms with Crippen LogP contribution in [0.4, 0.5) is 4.39 Å². The van der Waals surface area contributed by atoms with E-state index in [1.165, 1.54) is 28.5 Å². The highest BCUT2D eigenvalue weighted by molar-refractivity contribution is 5.85. The summed E-state index contributed by atoms with van der Waals surface area (Å²) in [5, 5.41) is 2.52. The smallest absolute Gasteiger partial charge is 0.123 e. The maximum atomic E-state index is 12.9. The summed E-state index contributed by atoms with van der Waals surface area (Å²) >= 11 is 0. The van der Waals surface area contributed by atoms with Crippen LogP contribution in [-0.4, -0.2) is 0 Å². The monoisotopic (exact) mass is 236 g/mol. The molecule has 0 saturated heterocycles. The predicted molar refractivity (Wildman–Crippen MR) is 73.2 cm³/mol. The Labute approximate surface area is 106 Å². The van der Waals surface area contributed by atoms with Crippen molar-refractivity contribution in [3.05, 3.63) is 83.7 Å². The molecule has 0 spiro atoms. The summed E-state index contributed by atoms with van der Waals surface area (Å²) in [4.78, 5) is 0. The highest BCUT2D eigenvalue weighted by Gasteiger charge is 2.01. The van der Waals surface area contributed by atoms with E-state index in [0.717, 1.165) is 12.0 Å².